The van der Waals surface area contributed by atoms with Crippen LogP contribution in [0, 0.1) is 10.8 Å². The highest BCUT2D eigenvalue weighted by Gasteiger charge is 2.42. The number of amidine groups is 1. The Balaban J connectivity index is 2.48. The summed E-state index contributed by atoms with van der Waals surface area (Å²) in [6, 6.07) is -0.112. The Bertz CT molecular complexity index is 651. The first-order valence-corrected chi connectivity index (χ1v) is 9.64. The summed E-state index contributed by atoms with van der Waals surface area (Å²) in [7, 11) is -3.71. The maximum absolute atomic E-state index is 11.4. The molecular weight excluding hydrogens is 312 g/mol. The maximum atomic E-state index is 11.4. The molecule has 0 unspecified atom stereocenters. The molecule has 0 amide bonds. The van der Waals surface area contributed by atoms with Gasteiger partial charge in [0.15, 0.2) is 0 Å². The molecular formula is C16H30N4O2S. The minimum Gasteiger partial charge on any atom is -0.332 e. The molecule has 2 aliphatic rings. The van der Waals surface area contributed by atoms with Crippen molar-refractivity contribution in [3.63, 3.8) is 0 Å². The Morgan fingerprint density at radius 2 is 1.74 bits per heavy atom. The van der Waals surface area contributed by atoms with Crippen molar-refractivity contribution in [2.24, 2.45) is 21.0 Å². The number of nitrogens with zero attached hydrogens (tertiary/aromatic N) is 2. The zero-order chi connectivity index (χ0) is 17.8. The molecule has 0 aliphatic carbocycles. The van der Waals surface area contributed by atoms with Crippen LogP contribution in [0.4, 0.5) is 0 Å². The van der Waals surface area contributed by atoms with E-state index in [1.165, 1.54) is 11.3 Å². The van der Waals surface area contributed by atoms with Gasteiger partial charge in [-0.05, 0) is 17.9 Å². The SMILES string of the molecule is C[C@@H]1N=C(C(C)(C)C)N2C[C@@H](NS(N)(=O)=O)CC2=C1C(C)(C)C. The van der Waals surface area contributed by atoms with Crippen LogP contribution in [0.25, 0.3) is 0 Å². The molecule has 23 heavy (non-hydrogen) atoms. The van der Waals surface area contributed by atoms with Crippen molar-refractivity contribution >= 4 is 16.0 Å². The molecule has 6 nitrogen and oxygen atoms in total. The number of rotatable bonds is 2. The van der Waals surface area contributed by atoms with Crippen molar-refractivity contribution in [2.75, 3.05) is 6.54 Å². The Morgan fingerprint density at radius 1 is 1.17 bits per heavy atom. The molecule has 7 heteroatoms. The summed E-state index contributed by atoms with van der Waals surface area (Å²) in [5, 5.41) is 5.17. The van der Waals surface area contributed by atoms with Crippen LogP contribution in [-0.2, 0) is 10.2 Å². The van der Waals surface area contributed by atoms with Gasteiger partial charge in [-0.2, -0.15) is 13.1 Å². The molecule has 132 valence electrons. The van der Waals surface area contributed by atoms with Crippen LogP contribution in [0.3, 0.4) is 0 Å². The van der Waals surface area contributed by atoms with Gasteiger partial charge in [0.2, 0.25) is 0 Å². The summed E-state index contributed by atoms with van der Waals surface area (Å²) in [6.07, 6.45) is 0.655. The molecule has 2 heterocycles. The molecule has 2 atom stereocenters. The zero-order valence-electron chi connectivity index (χ0n) is 15.3. The highest BCUT2D eigenvalue weighted by Crippen LogP contribution is 2.42. The van der Waals surface area contributed by atoms with E-state index < -0.39 is 10.2 Å². The van der Waals surface area contributed by atoms with Crippen molar-refractivity contribution in [2.45, 2.75) is 67.0 Å². The molecule has 3 N–H and O–H groups in total. The quantitative estimate of drug-likeness (QED) is 0.804. The number of hydrogen-bond acceptors (Lipinski definition) is 4. The van der Waals surface area contributed by atoms with Crippen LogP contribution >= 0.6 is 0 Å². The molecule has 0 aromatic rings. The smallest absolute Gasteiger partial charge is 0.274 e. The lowest BCUT2D eigenvalue weighted by Gasteiger charge is -2.41. The normalized spacial score (nSPS) is 26.4. The Morgan fingerprint density at radius 3 is 2.17 bits per heavy atom. The van der Waals surface area contributed by atoms with Gasteiger partial charge in [-0.3, -0.25) is 4.99 Å². The zero-order valence-corrected chi connectivity index (χ0v) is 16.1. The van der Waals surface area contributed by atoms with Crippen molar-refractivity contribution in [1.29, 1.82) is 0 Å². The van der Waals surface area contributed by atoms with Crippen LogP contribution in [0.2, 0.25) is 0 Å². The van der Waals surface area contributed by atoms with Crippen LogP contribution in [-0.4, -0.2) is 37.8 Å². The van der Waals surface area contributed by atoms with Gasteiger partial charge >= 0.3 is 0 Å². The summed E-state index contributed by atoms with van der Waals surface area (Å²) < 4.78 is 25.4. The van der Waals surface area contributed by atoms with Crippen LogP contribution in [0.5, 0.6) is 0 Å². The molecule has 0 spiro atoms. The van der Waals surface area contributed by atoms with E-state index in [-0.39, 0.29) is 22.9 Å². The Hall–Kier alpha value is -0.920. The van der Waals surface area contributed by atoms with Gasteiger partial charge in [0.25, 0.3) is 10.2 Å². The third kappa shape index (κ3) is 3.95. The molecule has 0 bridgehead atoms. The van der Waals surface area contributed by atoms with Crippen molar-refractivity contribution < 1.29 is 8.42 Å². The highest BCUT2D eigenvalue weighted by molar-refractivity contribution is 7.87. The number of nitrogens with two attached hydrogens (primary N) is 1. The number of aliphatic imine (C=N–C) groups is 1. The van der Waals surface area contributed by atoms with Crippen LogP contribution < -0.4 is 9.86 Å². The fourth-order valence-corrected chi connectivity index (χ4v) is 4.36. The van der Waals surface area contributed by atoms with Gasteiger partial charge in [0, 0.05) is 30.1 Å². The first-order valence-electron chi connectivity index (χ1n) is 8.09. The maximum Gasteiger partial charge on any atom is 0.274 e. The average Bonchev–Trinajstić information content (AvgIpc) is 2.63. The van der Waals surface area contributed by atoms with Gasteiger partial charge in [0.05, 0.1) is 6.04 Å². The lowest BCUT2D eigenvalue weighted by molar-refractivity contribution is 0.393. The lowest BCUT2D eigenvalue weighted by Crippen LogP contribution is -2.45. The van der Waals surface area contributed by atoms with Gasteiger partial charge in [-0.25, -0.2) is 5.14 Å². The Kier molecular flexibility index (Phi) is 4.46. The van der Waals surface area contributed by atoms with Crippen LogP contribution in [0.15, 0.2) is 16.3 Å². The minimum atomic E-state index is -3.71. The summed E-state index contributed by atoms with van der Waals surface area (Å²) in [4.78, 5) is 7.15. The van der Waals surface area contributed by atoms with E-state index in [9.17, 15) is 8.42 Å². The van der Waals surface area contributed by atoms with E-state index in [0.717, 1.165) is 5.84 Å². The third-order valence-electron chi connectivity index (χ3n) is 4.28. The summed E-state index contributed by atoms with van der Waals surface area (Å²) in [5.74, 6) is 1.02. The van der Waals surface area contributed by atoms with Crippen molar-refractivity contribution in [3.05, 3.63) is 11.3 Å². The first kappa shape index (κ1) is 18.4. The molecule has 0 aromatic heterocycles. The summed E-state index contributed by atoms with van der Waals surface area (Å²) >= 11 is 0. The molecule has 2 rings (SSSR count). The predicted molar refractivity (Wildman–Crippen MR) is 94.2 cm³/mol. The monoisotopic (exact) mass is 342 g/mol. The van der Waals surface area contributed by atoms with E-state index in [0.29, 0.717) is 13.0 Å². The van der Waals surface area contributed by atoms with Crippen LogP contribution in [0.1, 0.15) is 54.9 Å². The van der Waals surface area contributed by atoms with E-state index in [1.807, 2.05) is 0 Å². The first-order chi connectivity index (χ1) is 10.2. The number of hydrogen-bond donors (Lipinski definition) is 2. The molecule has 2 aliphatic heterocycles. The second kappa shape index (κ2) is 5.57. The Labute approximate surface area is 140 Å². The molecule has 0 aromatic carbocycles. The topological polar surface area (TPSA) is 87.8 Å². The van der Waals surface area contributed by atoms with E-state index >= 15 is 0 Å². The fourth-order valence-electron chi connectivity index (χ4n) is 3.74. The third-order valence-corrected chi connectivity index (χ3v) is 4.94. The standard InChI is InChI=1S/C16H30N4O2S/c1-10-13(15(2,3)4)12-8-11(19-23(17,21)22)9-20(12)14(18-10)16(5,6)7/h10-11,19H,8-9H2,1-7H3,(H2,17,21,22)/t10-,11-/m0/s1. The molecule has 1 saturated heterocycles. The van der Waals surface area contributed by atoms with Gasteiger partial charge in [-0.1, -0.05) is 41.5 Å². The van der Waals surface area contributed by atoms with E-state index in [4.69, 9.17) is 10.1 Å². The van der Waals surface area contributed by atoms with E-state index in [1.54, 1.807) is 0 Å². The van der Waals surface area contributed by atoms with Crippen molar-refractivity contribution in [3.8, 4) is 0 Å². The van der Waals surface area contributed by atoms with Crippen molar-refractivity contribution in [1.82, 2.24) is 9.62 Å². The summed E-state index contributed by atoms with van der Waals surface area (Å²) in [6.45, 7) is 15.7. The predicted octanol–water partition coefficient (Wildman–Crippen LogP) is 2.00. The van der Waals surface area contributed by atoms with E-state index in [2.05, 4.69) is 58.1 Å². The molecule has 0 radical (unpaired) electrons. The average molecular weight is 343 g/mol. The summed E-state index contributed by atoms with van der Waals surface area (Å²) in [5.41, 5.74) is 2.37. The fraction of sp³-hybridized carbons (Fsp3) is 0.812. The molecule has 1 fully saturated rings. The number of nitrogens with one attached hydrogen (secondary N) is 1. The molecule has 0 saturated carbocycles. The lowest BCUT2D eigenvalue weighted by atomic mass is 9.79. The highest BCUT2D eigenvalue weighted by atomic mass is 32.2. The largest absolute Gasteiger partial charge is 0.332 e. The second-order valence-electron chi connectivity index (χ2n) is 8.66. The number of fused-ring (bicyclic) bond motifs is 1. The second-order valence-corrected chi connectivity index (χ2v) is 9.99. The van der Waals surface area contributed by atoms with Gasteiger partial charge in [-0.15, -0.1) is 0 Å². The van der Waals surface area contributed by atoms with Gasteiger partial charge < -0.3 is 4.90 Å². The minimum absolute atomic E-state index is 0.0175. The van der Waals surface area contributed by atoms with Gasteiger partial charge in [0.1, 0.15) is 5.84 Å².